The number of nitrogens with one attached hydrogen (secondary N) is 1. The summed E-state index contributed by atoms with van der Waals surface area (Å²) in [4.78, 5) is 24.1. The van der Waals surface area contributed by atoms with E-state index in [-0.39, 0.29) is 11.9 Å². The molecule has 4 rings (SSSR count). The molecule has 3 heterocycles. The number of esters is 1. The second-order valence-corrected chi connectivity index (χ2v) is 6.35. The van der Waals surface area contributed by atoms with Gasteiger partial charge in [-0.3, -0.25) is 9.59 Å². The Hall–Kier alpha value is -3.22. The Morgan fingerprint density at radius 3 is 2.92 bits per heavy atom. The predicted molar refractivity (Wildman–Crippen MR) is 95.0 cm³/mol. The molecule has 1 aliphatic rings. The number of nitrogens with zero attached hydrogens (tertiary/aromatic N) is 3. The minimum atomic E-state index is -0.425. The number of carbonyl (C=O) groups excluding carboxylic acids is 2. The highest BCUT2D eigenvalue weighted by Gasteiger charge is 2.34. The molecule has 0 saturated carbocycles. The molecule has 0 radical (unpaired) electrons. The number of carbonyl (C=O) groups is 2. The van der Waals surface area contributed by atoms with Crippen molar-refractivity contribution >= 4 is 23.1 Å². The van der Waals surface area contributed by atoms with Crippen molar-refractivity contribution in [3.05, 3.63) is 58.9 Å². The van der Waals surface area contributed by atoms with Crippen molar-refractivity contribution < 1.29 is 14.3 Å². The smallest absolute Gasteiger partial charge is 0.305 e. The molecule has 3 aromatic rings. The maximum absolute atomic E-state index is 12.6. The van der Waals surface area contributed by atoms with Gasteiger partial charge in [0.15, 0.2) is 0 Å². The monoisotopic (exact) mass is 350 g/mol. The lowest BCUT2D eigenvalue weighted by molar-refractivity contribution is -0.140. The fourth-order valence-corrected chi connectivity index (χ4v) is 3.58. The highest BCUT2D eigenvalue weighted by atomic mass is 16.5. The SMILES string of the molecule is COC(=O)CCc1cn2nncc(C3C(=O)Nc4ccccc43)c2c1C. The Morgan fingerprint density at radius 2 is 2.12 bits per heavy atom. The zero-order valence-corrected chi connectivity index (χ0v) is 14.5. The number of aryl methyl sites for hydroxylation is 2. The number of hydrogen-bond acceptors (Lipinski definition) is 5. The van der Waals surface area contributed by atoms with Gasteiger partial charge in [0.2, 0.25) is 5.91 Å². The molecule has 0 aliphatic carbocycles. The summed E-state index contributed by atoms with van der Waals surface area (Å²) in [5, 5.41) is 11.1. The summed E-state index contributed by atoms with van der Waals surface area (Å²) in [6.45, 7) is 1.98. The van der Waals surface area contributed by atoms with Crippen LogP contribution in [0.4, 0.5) is 5.69 Å². The second kappa shape index (κ2) is 6.25. The van der Waals surface area contributed by atoms with Gasteiger partial charge in [0.1, 0.15) is 0 Å². The molecule has 26 heavy (non-hydrogen) atoms. The van der Waals surface area contributed by atoms with Crippen molar-refractivity contribution in [1.29, 1.82) is 0 Å². The molecule has 2 aromatic heterocycles. The van der Waals surface area contributed by atoms with Gasteiger partial charge in [-0.15, -0.1) is 5.10 Å². The van der Waals surface area contributed by atoms with E-state index in [1.807, 2.05) is 37.4 Å². The maximum atomic E-state index is 12.6. The predicted octanol–water partition coefficient (Wildman–Crippen LogP) is 2.23. The molecular weight excluding hydrogens is 332 g/mol. The molecular formula is C19H18N4O3. The van der Waals surface area contributed by atoms with Crippen LogP contribution in [0.5, 0.6) is 0 Å². The molecule has 7 nitrogen and oxygen atoms in total. The van der Waals surface area contributed by atoms with Gasteiger partial charge in [0.05, 0.1) is 24.7 Å². The van der Waals surface area contributed by atoms with E-state index in [1.165, 1.54) is 7.11 Å². The van der Waals surface area contributed by atoms with Gasteiger partial charge in [-0.2, -0.15) is 0 Å². The van der Waals surface area contributed by atoms with Gasteiger partial charge in [0.25, 0.3) is 0 Å². The number of hydrogen-bond donors (Lipinski definition) is 1. The first kappa shape index (κ1) is 16.3. The topological polar surface area (TPSA) is 85.6 Å². The van der Waals surface area contributed by atoms with E-state index in [0.717, 1.165) is 33.5 Å². The van der Waals surface area contributed by atoms with Crippen molar-refractivity contribution in [2.45, 2.75) is 25.7 Å². The minimum absolute atomic E-state index is 0.0715. The number of rotatable bonds is 4. The zero-order chi connectivity index (χ0) is 18.3. The van der Waals surface area contributed by atoms with Gasteiger partial charge < -0.3 is 10.1 Å². The van der Waals surface area contributed by atoms with Crippen molar-refractivity contribution in [1.82, 2.24) is 14.8 Å². The van der Waals surface area contributed by atoms with E-state index in [1.54, 1.807) is 10.7 Å². The molecule has 1 N–H and O–H groups in total. The minimum Gasteiger partial charge on any atom is -0.469 e. The van der Waals surface area contributed by atoms with Crippen molar-refractivity contribution in [3.8, 4) is 0 Å². The number of para-hydroxylation sites is 1. The first-order chi connectivity index (χ1) is 12.6. The number of aromatic nitrogens is 3. The van der Waals surface area contributed by atoms with E-state index in [2.05, 4.69) is 15.6 Å². The van der Waals surface area contributed by atoms with E-state index in [0.29, 0.717) is 12.8 Å². The Labute approximate surface area is 150 Å². The Balaban J connectivity index is 1.81. The lowest BCUT2D eigenvalue weighted by Crippen LogP contribution is -2.15. The van der Waals surface area contributed by atoms with E-state index >= 15 is 0 Å². The fraction of sp³-hybridized carbons (Fsp3) is 0.263. The number of benzene rings is 1. The highest BCUT2D eigenvalue weighted by Crippen LogP contribution is 2.39. The largest absolute Gasteiger partial charge is 0.469 e. The molecule has 0 bridgehead atoms. The third-order valence-electron chi connectivity index (χ3n) is 4.89. The maximum Gasteiger partial charge on any atom is 0.305 e. The van der Waals surface area contributed by atoms with Crippen LogP contribution in [0, 0.1) is 6.92 Å². The summed E-state index contributed by atoms with van der Waals surface area (Å²) in [6.07, 6.45) is 4.36. The molecule has 1 aromatic carbocycles. The molecule has 1 aliphatic heterocycles. The van der Waals surface area contributed by atoms with Crippen molar-refractivity contribution in [2.75, 3.05) is 12.4 Å². The van der Waals surface area contributed by atoms with Gasteiger partial charge in [-0.25, -0.2) is 4.52 Å². The summed E-state index contributed by atoms with van der Waals surface area (Å²) in [6, 6.07) is 7.66. The van der Waals surface area contributed by atoms with Crippen LogP contribution in [0.1, 0.15) is 34.6 Å². The summed E-state index contributed by atoms with van der Waals surface area (Å²) < 4.78 is 6.40. The molecule has 0 fully saturated rings. The average Bonchev–Trinajstić information content (AvgIpc) is 3.16. The van der Waals surface area contributed by atoms with Gasteiger partial charge in [-0.1, -0.05) is 23.4 Å². The zero-order valence-electron chi connectivity index (χ0n) is 14.5. The van der Waals surface area contributed by atoms with Gasteiger partial charge in [0, 0.05) is 23.9 Å². The van der Waals surface area contributed by atoms with Crippen LogP contribution in [-0.2, 0) is 20.7 Å². The number of methoxy groups -OCH3 is 1. The van der Waals surface area contributed by atoms with Crippen LogP contribution in [0.25, 0.3) is 5.52 Å². The van der Waals surface area contributed by atoms with Crippen LogP contribution in [0.3, 0.4) is 0 Å². The number of amides is 1. The first-order valence-electron chi connectivity index (χ1n) is 8.39. The third-order valence-corrected chi connectivity index (χ3v) is 4.89. The molecule has 132 valence electrons. The highest BCUT2D eigenvalue weighted by molar-refractivity contribution is 6.06. The van der Waals surface area contributed by atoms with E-state index in [4.69, 9.17) is 4.74 Å². The fourth-order valence-electron chi connectivity index (χ4n) is 3.58. The normalized spacial score (nSPS) is 15.8. The van der Waals surface area contributed by atoms with Crippen molar-refractivity contribution in [3.63, 3.8) is 0 Å². The second-order valence-electron chi connectivity index (χ2n) is 6.35. The molecule has 0 saturated heterocycles. The van der Waals surface area contributed by atoms with Crippen LogP contribution < -0.4 is 5.32 Å². The summed E-state index contributed by atoms with van der Waals surface area (Å²) in [5.74, 6) is -0.751. The molecule has 1 unspecified atom stereocenters. The quantitative estimate of drug-likeness (QED) is 0.729. The average molecular weight is 350 g/mol. The number of ether oxygens (including phenoxy) is 1. The van der Waals surface area contributed by atoms with Gasteiger partial charge >= 0.3 is 5.97 Å². The lowest BCUT2D eigenvalue weighted by atomic mass is 9.92. The number of fused-ring (bicyclic) bond motifs is 2. The molecule has 1 atom stereocenters. The molecule has 1 amide bonds. The van der Waals surface area contributed by atoms with Crippen LogP contribution in [0.2, 0.25) is 0 Å². The summed E-state index contributed by atoms with van der Waals surface area (Å²) in [5.41, 5.74) is 5.41. The summed E-state index contributed by atoms with van der Waals surface area (Å²) in [7, 11) is 1.38. The van der Waals surface area contributed by atoms with Crippen molar-refractivity contribution in [2.24, 2.45) is 0 Å². The summed E-state index contributed by atoms with van der Waals surface area (Å²) >= 11 is 0. The third kappa shape index (κ3) is 2.52. The molecule has 7 heteroatoms. The Kier molecular flexibility index (Phi) is 3.91. The standard InChI is InChI=1S/C19H18N4O3/c1-11-12(7-8-16(24)26-2)10-23-18(11)14(9-20-22-23)17-13-5-3-4-6-15(13)21-19(17)25/h3-6,9-10,17H,7-8H2,1-2H3,(H,21,25). The first-order valence-corrected chi connectivity index (χ1v) is 8.39. The Bertz CT molecular complexity index is 1020. The van der Waals surface area contributed by atoms with E-state index in [9.17, 15) is 9.59 Å². The van der Waals surface area contributed by atoms with Crippen LogP contribution in [-0.4, -0.2) is 33.8 Å². The van der Waals surface area contributed by atoms with Crippen LogP contribution >= 0.6 is 0 Å². The van der Waals surface area contributed by atoms with E-state index < -0.39 is 5.92 Å². The van der Waals surface area contributed by atoms with Gasteiger partial charge in [-0.05, 0) is 36.1 Å². The molecule has 0 spiro atoms. The lowest BCUT2D eigenvalue weighted by Gasteiger charge is -2.11. The number of anilines is 1. The Morgan fingerprint density at radius 1 is 1.31 bits per heavy atom. The van der Waals surface area contributed by atoms with Crippen LogP contribution in [0.15, 0.2) is 36.7 Å².